The van der Waals surface area contributed by atoms with E-state index in [2.05, 4.69) is 22.2 Å². The van der Waals surface area contributed by atoms with Crippen LogP contribution in [0, 0.1) is 0 Å². The highest BCUT2D eigenvalue weighted by Gasteiger charge is 2.14. The second-order valence-corrected chi connectivity index (χ2v) is 5.68. The molecule has 0 radical (unpaired) electrons. The number of carbonyl (C=O) groups is 1. The van der Waals surface area contributed by atoms with Gasteiger partial charge in [-0.15, -0.1) is 0 Å². The Kier molecular flexibility index (Phi) is 4.79. The van der Waals surface area contributed by atoms with Crippen LogP contribution >= 0.6 is 0 Å². The van der Waals surface area contributed by atoms with Gasteiger partial charge in [-0.3, -0.25) is 4.79 Å². The van der Waals surface area contributed by atoms with Crippen LogP contribution in [0.2, 0.25) is 0 Å². The van der Waals surface area contributed by atoms with E-state index >= 15 is 0 Å². The molecule has 3 aromatic rings. The molecule has 0 aliphatic carbocycles. The fourth-order valence-corrected chi connectivity index (χ4v) is 2.61. The highest BCUT2D eigenvalue weighted by molar-refractivity contribution is 5.78. The maximum absolute atomic E-state index is 12.1. The number of aromatic amines is 1. The molecule has 5 nitrogen and oxygen atoms in total. The number of aryl methyl sites for hydroxylation is 1. The van der Waals surface area contributed by atoms with Gasteiger partial charge in [-0.1, -0.05) is 37.3 Å². The van der Waals surface area contributed by atoms with Crippen molar-refractivity contribution in [2.75, 3.05) is 6.61 Å². The number of benzene rings is 2. The molecule has 0 spiro atoms. The first-order chi connectivity index (χ1) is 11.7. The van der Waals surface area contributed by atoms with E-state index in [1.807, 2.05) is 55.5 Å². The Morgan fingerprint density at radius 1 is 1.21 bits per heavy atom. The zero-order valence-electron chi connectivity index (χ0n) is 13.9. The SMILES string of the molecule is CCc1ccccc1OCC(=O)N[C@@H](C)c1nc2ccccc2[nH]1. The van der Waals surface area contributed by atoms with E-state index in [4.69, 9.17) is 4.74 Å². The third-order valence-electron chi connectivity index (χ3n) is 3.91. The Balaban J connectivity index is 1.60. The smallest absolute Gasteiger partial charge is 0.258 e. The Bertz CT molecular complexity index is 808. The molecule has 1 amide bonds. The lowest BCUT2D eigenvalue weighted by molar-refractivity contribution is -0.123. The molecule has 0 aliphatic heterocycles. The van der Waals surface area contributed by atoms with Gasteiger partial charge >= 0.3 is 0 Å². The molecule has 0 bridgehead atoms. The highest BCUT2D eigenvalue weighted by atomic mass is 16.5. The van der Waals surface area contributed by atoms with E-state index in [0.717, 1.165) is 34.6 Å². The highest BCUT2D eigenvalue weighted by Crippen LogP contribution is 2.18. The summed E-state index contributed by atoms with van der Waals surface area (Å²) in [6.45, 7) is 3.95. The predicted molar refractivity (Wildman–Crippen MR) is 94.0 cm³/mol. The molecule has 0 aliphatic rings. The Hall–Kier alpha value is -2.82. The number of para-hydroxylation sites is 3. The number of ether oxygens (including phenoxy) is 1. The summed E-state index contributed by atoms with van der Waals surface area (Å²) < 4.78 is 5.64. The predicted octanol–water partition coefficient (Wildman–Crippen LogP) is 3.38. The fraction of sp³-hybridized carbons (Fsp3) is 0.263. The number of aromatic nitrogens is 2. The second kappa shape index (κ2) is 7.17. The molecule has 2 N–H and O–H groups in total. The summed E-state index contributed by atoms with van der Waals surface area (Å²) in [7, 11) is 0. The van der Waals surface area contributed by atoms with E-state index < -0.39 is 0 Å². The zero-order chi connectivity index (χ0) is 16.9. The molecule has 5 heteroatoms. The van der Waals surface area contributed by atoms with Crippen molar-refractivity contribution in [2.45, 2.75) is 26.3 Å². The lowest BCUT2D eigenvalue weighted by Crippen LogP contribution is -2.31. The van der Waals surface area contributed by atoms with Gasteiger partial charge in [0.25, 0.3) is 5.91 Å². The first-order valence-corrected chi connectivity index (χ1v) is 8.12. The molecule has 1 heterocycles. The molecule has 1 aromatic heterocycles. The molecule has 0 saturated carbocycles. The quantitative estimate of drug-likeness (QED) is 0.731. The molecule has 3 rings (SSSR count). The average Bonchev–Trinajstić information content (AvgIpc) is 3.04. The Morgan fingerprint density at radius 3 is 2.75 bits per heavy atom. The minimum Gasteiger partial charge on any atom is -0.483 e. The number of hydrogen-bond donors (Lipinski definition) is 2. The summed E-state index contributed by atoms with van der Waals surface area (Å²) in [4.78, 5) is 19.9. The number of amides is 1. The van der Waals surface area contributed by atoms with Crippen molar-refractivity contribution in [3.8, 4) is 5.75 Å². The van der Waals surface area contributed by atoms with Crippen molar-refractivity contribution < 1.29 is 9.53 Å². The van der Waals surface area contributed by atoms with Gasteiger partial charge in [-0.25, -0.2) is 4.98 Å². The van der Waals surface area contributed by atoms with E-state index in [1.165, 1.54) is 0 Å². The van der Waals surface area contributed by atoms with Gasteiger partial charge in [-0.05, 0) is 37.1 Å². The molecule has 2 aromatic carbocycles. The van der Waals surface area contributed by atoms with Gasteiger partial charge < -0.3 is 15.0 Å². The summed E-state index contributed by atoms with van der Waals surface area (Å²) in [5.41, 5.74) is 2.94. The van der Waals surface area contributed by atoms with Gasteiger partial charge in [0.1, 0.15) is 11.6 Å². The molecular formula is C19H21N3O2. The van der Waals surface area contributed by atoms with E-state index in [-0.39, 0.29) is 18.6 Å². The van der Waals surface area contributed by atoms with Gasteiger partial charge in [0.2, 0.25) is 0 Å². The average molecular weight is 323 g/mol. The van der Waals surface area contributed by atoms with E-state index in [9.17, 15) is 4.79 Å². The molecule has 1 atom stereocenters. The molecule has 0 unspecified atom stereocenters. The van der Waals surface area contributed by atoms with Crippen LogP contribution in [0.3, 0.4) is 0 Å². The minimum absolute atomic E-state index is 0.0123. The first-order valence-electron chi connectivity index (χ1n) is 8.12. The molecular weight excluding hydrogens is 302 g/mol. The third kappa shape index (κ3) is 3.56. The number of hydrogen-bond acceptors (Lipinski definition) is 3. The monoisotopic (exact) mass is 323 g/mol. The number of rotatable bonds is 6. The number of nitrogens with one attached hydrogen (secondary N) is 2. The lowest BCUT2D eigenvalue weighted by Gasteiger charge is -2.13. The second-order valence-electron chi connectivity index (χ2n) is 5.68. The summed E-state index contributed by atoms with van der Waals surface area (Å²) in [6, 6.07) is 15.3. The first kappa shape index (κ1) is 16.1. The number of fused-ring (bicyclic) bond motifs is 1. The number of carbonyl (C=O) groups excluding carboxylic acids is 1. The van der Waals surface area contributed by atoms with Crippen LogP contribution in [0.4, 0.5) is 0 Å². The summed E-state index contributed by atoms with van der Waals surface area (Å²) in [5.74, 6) is 1.32. The van der Waals surface area contributed by atoms with Crippen LogP contribution in [0.15, 0.2) is 48.5 Å². The number of nitrogens with zero attached hydrogens (tertiary/aromatic N) is 1. The van der Waals surface area contributed by atoms with Gasteiger partial charge in [0, 0.05) is 0 Å². The van der Waals surface area contributed by atoms with Crippen LogP contribution < -0.4 is 10.1 Å². The zero-order valence-corrected chi connectivity index (χ0v) is 13.9. The molecule has 0 saturated heterocycles. The van der Waals surface area contributed by atoms with Crippen molar-refractivity contribution in [1.29, 1.82) is 0 Å². The van der Waals surface area contributed by atoms with E-state index in [0.29, 0.717) is 0 Å². The lowest BCUT2D eigenvalue weighted by atomic mass is 10.1. The Morgan fingerprint density at radius 2 is 1.96 bits per heavy atom. The third-order valence-corrected chi connectivity index (χ3v) is 3.91. The molecule has 124 valence electrons. The summed E-state index contributed by atoms with van der Waals surface area (Å²) in [6.07, 6.45) is 0.868. The number of imidazole rings is 1. The van der Waals surface area contributed by atoms with Gasteiger partial charge in [-0.2, -0.15) is 0 Å². The van der Waals surface area contributed by atoms with Crippen LogP contribution in [0.5, 0.6) is 5.75 Å². The maximum Gasteiger partial charge on any atom is 0.258 e. The van der Waals surface area contributed by atoms with Crippen molar-refractivity contribution in [3.63, 3.8) is 0 Å². The topological polar surface area (TPSA) is 67.0 Å². The maximum atomic E-state index is 12.1. The summed E-state index contributed by atoms with van der Waals surface area (Å²) in [5, 5.41) is 2.91. The van der Waals surface area contributed by atoms with Crippen LogP contribution in [0.1, 0.15) is 31.3 Å². The Labute approximate surface area is 141 Å². The largest absolute Gasteiger partial charge is 0.483 e. The van der Waals surface area contributed by atoms with Crippen LogP contribution in [0.25, 0.3) is 11.0 Å². The van der Waals surface area contributed by atoms with Crippen molar-refractivity contribution in [1.82, 2.24) is 15.3 Å². The van der Waals surface area contributed by atoms with Crippen LogP contribution in [-0.4, -0.2) is 22.5 Å². The van der Waals surface area contributed by atoms with Crippen LogP contribution in [-0.2, 0) is 11.2 Å². The fourth-order valence-electron chi connectivity index (χ4n) is 2.61. The molecule has 0 fully saturated rings. The standard InChI is InChI=1S/C19H21N3O2/c1-3-14-8-4-7-11-17(14)24-12-18(23)20-13(2)19-21-15-9-5-6-10-16(15)22-19/h4-11,13H,3,12H2,1-2H3,(H,20,23)(H,21,22)/t13-/m0/s1. The minimum atomic E-state index is -0.213. The van der Waals surface area contributed by atoms with Crippen molar-refractivity contribution >= 4 is 16.9 Å². The van der Waals surface area contributed by atoms with Gasteiger partial charge in [0.15, 0.2) is 6.61 Å². The normalized spacial score (nSPS) is 12.1. The van der Waals surface area contributed by atoms with E-state index in [1.54, 1.807) is 0 Å². The van der Waals surface area contributed by atoms with Crippen molar-refractivity contribution in [2.24, 2.45) is 0 Å². The molecule has 24 heavy (non-hydrogen) atoms. The van der Waals surface area contributed by atoms with Gasteiger partial charge in [0.05, 0.1) is 17.1 Å². The van der Waals surface area contributed by atoms with Crippen molar-refractivity contribution in [3.05, 3.63) is 59.9 Å². The number of H-pyrrole nitrogens is 1. The summed E-state index contributed by atoms with van der Waals surface area (Å²) >= 11 is 0.